The molecule has 1 fully saturated rings. The second-order valence-electron chi connectivity index (χ2n) is 5.91. The molecule has 0 saturated carbocycles. The first kappa shape index (κ1) is 14.5. The third kappa shape index (κ3) is 3.27. The topological polar surface area (TPSA) is 64.3 Å². The summed E-state index contributed by atoms with van der Waals surface area (Å²) in [4.78, 5) is 16.8. The Morgan fingerprint density at radius 2 is 1.95 bits per heavy atom. The minimum atomic E-state index is -0.0301. The third-order valence-corrected chi connectivity index (χ3v) is 4.64. The van der Waals surface area contributed by atoms with Crippen LogP contribution in [0.25, 0.3) is 0 Å². The standard InChI is InChI=1S/C15H25N5O/c1-2-19-8-10-20(11-9-19)7-5-13-14-12(4-3-6-16-14)15(21)18-17-13/h16H,2-11H2,1H3,(H,18,21). The van der Waals surface area contributed by atoms with Crippen LogP contribution in [0.5, 0.6) is 0 Å². The summed E-state index contributed by atoms with van der Waals surface area (Å²) in [6.45, 7) is 9.91. The van der Waals surface area contributed by atoms with Gasteiger partial charge in [0.25, 0.3) is 5.56 Å². The maximum absolute atomic E-state index is 11.8. The molecule has 2 aliphatic rings. The first-order valence-corrected chi connectivity index (χ1v) is 8.07. The zero-order valence-electron chi connectivity index (χ0n) is 12.8. The fourth-order valence-electron chi connectivity index (χ4n) is 3.23. The fraction of sp³-hybridized carbons (Fsp3) is 0.733. The predicted octanol–water partition coefficient (Wildman–Crippen LogP) is 0.308. The van der Waals surface area contributed by atoms with E-state index in [1.165, 1.54) is 0 Å². The van der Waals surface area contributed by atoms with E-state index in [2.05, 4.69) is 32.2 Å². The molecule has 0 bridgehead atoms. The van der Waals surface area contributed by atoms with Gasteiger partial charge >= 0.3 is 0 Å². The zero-order valence-corrected chi connectivity index (χ0v) is 12.8. The average Bonchev–Trinajstić information content (AvgIpc) is 2.55. The van der Waals surface area contributed by atoms with Crippen LogP contribution in [0.4, 0.5) is 5.69 Å². The SMILES string of the molecule is CCN1CCN(CCc2n[nH]c(=O)c3c2NCCC3)CC1. The first-order valence-electron chi connectivity index (χ1n) is 8.07. The van der Waals surface area contributed by atoms with Crippen LogP contribution in [0.15, 0.2) is 4.79 Å². The Morgan fingerprint density at radius 3 is 2.71 bits per heavy atom. The van der Waals surface area contributed by atoms with Crippen LogP contribution < -0.4 is 10.9 Å². The summed E-state index contributed by atoms with van der Waals surface area (Å²) < 4.78 is 0. The van der Waals surface area contributed by atoms with Crippen LogP contribution in [0.3, 0.4) is 0 Å². The van der Waals surface area contributed by atoms with Crippen LogP contribution in [-0.4, -0.2) is 65.8 Å². The second kappa shape index (κ2) is 6.58. The molecule has 3 heterocycles. The highest BCUT2D eigenvalue weighted by Gasteiger charge is 2.19. The number of anilines is 1. The minimum absolute atomic E-state index is 0.0301. The maximum atomic E-state index is 11.8. The van der Waals surface area contributed by atoms with Gasteiger partial charge in [0.2, 0.25) is 0 Å². The van der Waals surface area contributed by atoms with E-state index < -0.39 is 0 Å². The lowest BCUT2D eigenvalue weighted by molar-refractivity contribution is 0.138. The van der Waals surface area contributed by atoms with Gasteiger partial charge in [0.15, 0.2) is 0 Å². The Bertz CT molecular complexity index is 533. The summed E-state index contributed by atoms with van der Waals surface area (Å²) in [6, 6.07) is 0. The monoisotopic (exact) mass is 291 g/mol. The number of aromatic nitrogens is 2. The quantitative estimate of drug-likeness (QED) is 0.836. The highest BCUT2D eigenvalue weighted by Crippen LogP contribution is 2.21. The number of nitrogens with zero attached hydrogens (tertiary/aromatic N) is 3. The van der Waals surface area contributed by atoms with Gasteiger partial charge in [0.05, 0.1) is 11.4 Å². The molecule has 0 unspecified atom stereocenters. The summed E-state index contributed by atoms with van der Waals surface area (Å²) in [7, 11) is 0. The number of rotatable bonds is 4. The van der Waals surface area contributed by atoms with Crippen LogP contribution in [0.2, 0.25) is 0 Å². The average molecular weight is 291 g/mol. The number of piperazine rings is 1. The summed E-state index contributed by atoms with van der Waals surface area (Å²) in [5.74, 6) is 0. The Labute approximate surface area is 125 Å². The summed E-state index contributed by atoms with van der Waals surface area (Å²) in [5, 5.41) is 10.3. The molecule has 0 amide bonds. The van der Waals surface area contributed by atoms with Gasteiger partial charge in [-0.15, -0.1) is 0 Å². The minimum Gasteiger partial charge on any atom is -0.383 e. The van der Waals surface area contributed by atoms with Gasteiger partial charge in [-0.3, -0.25) is 4.79 Å². The number of hydrogen-bond donors (Lipinski definition) is 2. The van der Waals surface area contributed by atoms with Crippen molar-refractivity contribution in [2.45, 2.75) is 26.2 Å². The van der Waals surface area contributed by atoms with Crippen molar-refractivity contribution in [2.24, 2.45) is 0 Å². The van der Waals surface area contributed by atoms with Crippen molar-refractivity contribution in [2.75, 3.05) is 51.1 Å². The molecule has 21 heavy (non-hydrogen) atoms. The highest BCUT2D eigenvalue weighted by atomic mass is 16.1. The molecule has 0 atom stereocenters. The molecule has 0 aromatic carbocycles. The van der Waals surface area contributed by atoms with E-state index in [9.17, 15) is 4.79 Å². The Kier molecular flexibility index (Phi) is 4.55. The van der Waals surface area contributed by atoms with E-state index >= 15 is 0 Å². The number of likely N-dealkylation sites (N-methyl/N-ethyl adjacent to an activating group) is 1. The van der Waals surface area contributed by atoms with Crippen LogP contribution in [0.1, 0.15) is 24.6 Å². The molecule has 1 saturated heterocycles. The summed E-state index contributed by atoms with van der Waals surface area (Å²) in [6.07, 6.45) is 2.79. The molecule has 116 valence electrons. The summed E-state index contributed by atoms with van der Waals surface area (Å²) in [5.41, 5.74) is 2.87. The lowest BCUT2D eigenvalue weighted by Crippen LogP contribution is -2.46. The number of H-pyrrole nitrogens is 1. The molecule has 0 spiro atoms. The van der Waals surface area contributed by atoms with Crippen molar-refractivity contribution in [1.29, 1.82) is 0 Å². The molecule has 2 N–H and O–H groups in total. The molecular weight excluding hydrogens is 266 g/mol. The van der Waals surface area contributed by atoms with Crippen molar-refractivity contribution in [3.63, 3.8) is 0 Å². The van der Waals surface area contributed by atoms with Gasteiger partial charge in [-0.2, -0.15) is 5.10 Å². The molecule has 3 rings (SSSR count). The van der Waals surface area contributed by atoms with Crippen LogP contribution >= 0.6 is 0 Å². The molecule has 2 aliphatic heterocycles. The lowest BCUT2D eigenvalue weighted by atomic mass is 10.0. The van der Waals surface area contributed by atoms with E-state index in [1.54, 1.807) is 0 Å². The van der Waals surface area contributed by atoms with Crippen molar-refractivity contribution >= 4 is 5.69 Å². The van der Waals surface area contributed by atoms with Gasteiger partial charge < -0.3 is 15.1 Å². The van der Waals surface area contributed by atoms with Crippen molar-refractivity contribution < 1.29 is 0 Å². The van der Waals surface area contributed by atoms with Crippen LogP contribution in [0, 0.1) is 0 Å². The number of nitrogens with one attached hydrogen (secondary N) is 2. The van der Waals surface area contributed by atoms with Gasteiger partial charge in [-0.25, -0.2) is 5.10 Å². The van der Waals surface area contributed by atoms with Gasteiger partial charge in [-0.05, 0) is 19.4 Å². The molecule has 0 aliphatic carbocycles. The largest absolute Gasteiger partial charge is 0.383 e. The molecule has 6 nitrogen and oxygen atoms in total. The van der Waals surface area contributed by atoms with E-state index in [0.717, 1.165) is 82.0 Å². The molecule has 1 aromatic rings. The lowest BCUT2D eigenvalue weighted by Gasteiger charge is -2.34. The zero-order chi connectivity index (χ0) is 14.7. The third-order valence-electron chi connectivity index (χ3n) is 4.64. The number of fused-ring (bicyclic) bond motifs is 1. The van der Waals surface area contributed by atoms with Gasteiger partial charge in [0.1, 0.15) is 0 Å². The fourth-order valence-corrected chi connectivity index (χ4v) is 3.23. The Hall–Kier alpha value is -1.40. The molecule has 6 heteroatoms. The van der Waals surface area contributed by atoms with E-state index in [1.807, 2.05) is 0 Å². The Balaban J connectivity index is 1.62. The van der Waals surface area contributed by atoms with E-state index in [0.29, 0.717) is 0 Å². The van der Waals surface area contributed by atoms with Crippen molar-refractivity contribution in [1.82, 2.24) is 20.0 Å². The molecular formula is C15H25N5O. The smallest absolute Gasteiger partial charge is 0.269 e. The van der Waals surface area contributed by atoms with Crippen molar-refractivity contribution in [3.8, 4) is 0 Å². The molecule has 0 radical (unpaired) electrons. The number of aromatic amines is 1. The van der Waals surface area contributed by atoms with Gasteiger partial charge in [0, 0.05) is 51.3 Å². The first-order chi connectivity index (χ1) is 10.3. The normalized spacial score (nSPS) is 20.0. The van der Waals surface area contributed by atoms with Gasteiger partial charge in [-0.1, -0.05) is 6.92 Å². The van der Waals surface area contributed by atoms with Crippen LogP contribution in [-0.2, 0) is 12.8 Å². The Morgan fingerprint density at radius 1 is 1.19 bits per heavy atom. The maximum Gasteiger partial charge on any atom is 0.269 e. The number of hydrogen-bond acceptors (Lipinski definition) is 5. The van der Waals surface area contributed by atoms with E-state index in [4.69, 9.17) is 0 Å². The molecule has 1 aromatic heterocycles. The predicted molar refractivity (Wildman–Crippen MR) is 83.9 cm³/mol. The van der Waals surface area contributed by atoms with Crippen molar-refractivity contribution in [3.05, 3.63) is 21.6 Å². The highest BCUT2D eigenvalue weighted by molar-refractivity contribution is 5.55. The van der Waals surface area contributed by atoms with E-state index in [-0.39, 0.29) is 5.56 Å². The second-order valence-corrected chi connectivity index (χ2v) is 5.91. The summed E-state index contributed by atoms with van der Waals surface area (Å²) >= 11 is 0.